The van der Waals surface area contributed by atoms with Crippen molar-refractivity contribution in [2.75, 3.05) is 6.61 Å². The molecule has 0 aromatic carbocycles. The number of aliphatic hydroxyl groups is 1. The Morgan fingerprint density at radius 1 is 1.78 bits per heavy atom. The van der Waals surface area contributed by atoms with Crippen molar-refractivity contribution in [3.63, 3.8) is 0 Å². The van der Waals surface area contributed by atoms with E-state index in [0.717, 1.165) is 0 Å². The van der Waals surface area contributed by atoms with Crippen LogP contribution in [0.15, 0.2) is 0 Å². The van der Waals surface area contributed by atoms with Gasteiger partial charge in [-0.05, 0) is 26.1 Å². The number of ether oxygens (including phenoxy) is 1. The smallest absolute Gasteiger partial charge is 0.162 e. The Morgan fingerprint density at radius 3 is 2.67 bits per heavy atom. The van der Waals surface area contributed by atoms with E-state index in [4.69, 9.17) is 22.1 Å². The summed E-state index contributed by atoms with van der Waals surface area (Å²) in [4.78, 5) is 0. The van der Waals surface area contributed by atoms with Crippen LogP contribution in [-0.4, -0.2) is 22.9 Å². The highest BCUT2D eigenvalue weighted by Gasteiger charge is 2.00. The minimum absolute atomic E-state index is 0.385. The minimum Gasteiger partial charge on any atom is -0.487 e. The van der Waals surface area contributed by atoms with Crippen LogP contribution in [-0.2, 0) is 4.74 Å². The third-order valence-corrected chi connectivity index (χ3v) is 1.05. The van der Waals surface area contributed by atoms with E-state index in [1.54, 1.807) is 6.92 Å². The molecule has 0 fully saturated rings. The normalized spacial score (nSPS) is 12.8. The monoisotopic (exact) mass is 148 g/mol. The summed E-state index contributed by atoms with van der Waals surface area (Å²) in [7, 11) is 0. The molecule has 0 bridgehead atoms. The van der Waals surface area contributed by atoms with E-state index in [9.17, 15) is 0 Å². The molecule has 0 aliphatic carbocycles. The first-order chi connectivity index (χ1) is 4.16. The van der Waals surface area contributed by atoms with E-state index in [0.29, 0.717) is 18.1 Å². The van der Waals surface area contributed by atoms with Crippen molar-refractivity contribution >= 4 is 17.3 Å². The second-order valence-electron chi connectivity index (χ2n) is 1.86. The number of aliphatic hydroxyl groups excluding tert-OH is 1. The van der Waals surface area contributed by atoms with E-state index >= 15 is 0 Å². The van der Waals surface area contributed by atoms with Gasteiger partial charge in [0.05, 0.1) is 12.7 Å². The van der Waals surface area contributed by atoms with Gasteiger partial charge in [-0.2, -0.15) is 0 Å². The van der Waals surface area contributed by atoms with Crippen LogP contribution in [0.4, 0.5) is 0 Å². The zero-order valence-electron chi connectivity index (χ0n) is 5.76. The van der Waals surface area contributed by atoms with Gasteiger partial charge < -0.3 is 9.84 Å². The Hall–Kier alpha value is -0.150. The molecule has 1 N–H and O–H groups in total. The molecule has 0 aliphatic rings. The van der Waals surface area contributed by atoms with E-state index in [-0.39, 0.29) is 6.10 Å². The van der Waals surface area contributed by atoms with Crippen LogP contribution >= 0.6 is 12.2 Å². The molecular weight excluding hydrogens is 136 g/mol. The van der Waals surface area contributed by atoms with Gasteiger partial charge in [0.1, 0.15) is 0 Å². The Balaban J connectivity index is 3.27. The second kappa shape index (κ2) is 4.70. The predicted molar refractivity (Wildman–Crippen MR) is 40.5 cm³/mol. The topological polar surface area (TPSA) is 29.5 Å². The van der Waals surface area contributed by atoms with Crippen LogP contribution in [0.5, 0.6) is 0 Å². The van der Waals surface area contributed by atoms with Gasteiger partial charge in [-0.25, -0.2) is 0 Å². The van der Waals surface area contributed by atoms with Gasteiger partial charge in [0.2, 0.25) is 0 Å². The fourth-order valence-corrected chi connectivity index (χ4v) is 0.820. The molecule has 0 saturated carbocycles. The van der Waals surface area contributed by atoms with Gasteiger partial charge in [0.15, 0.2) is 5.05 Å². The first kappa shape index (κ1) is 8.85. The van der Waals surface area contributed by atoms with Crippen LogP contribution in [0.3, 0.4) is 0 Å². The Bertz CT molecular complexity index is 91.1. The summed E-state index contributed by atoms with van der Waals surface area (Å²) in [6.45, 7) is 4.14. The first-order valence-corrected chi connectivity index (χ1v) is 3.41. The van der Waals surface area contributed by atoms with Crippen molar-refractivity contribution in [1.29, 1.82) is 0 Å². The largest absolute Gasteiger partial charge is 0.487 e. The molecule has 0 spiro atoms. The van der Waals surface area contributed by atoms with Gasteiger partial charge >= 0.3 is 0 Å². The summed E-state index contributed by atoms with van der Waals surface area (Å²) in [6.07, 6.45) is 0.0763. The fraction of sp³-hybridized carbons (Fsp3) is 0.833. The average Bonchev–Trinajstić information content (AvgIpc) is 1.63. The van der Waals surface area contributed by atoms with Crippen molar-refractivity contribution in [3.05, 3.63) is 0 Å². The summed E-state index contributed by atoms with van der Waals surface area (Å²) < 4.78 is 4.92. The Labute approximate surface area is 60.8 Å². The van der Waals surface area contributed by atoms with E-state index in [2.05, 4.69) is 0 Å². The van der Waals surface area contributed by atoms with Gasteiger partial charge in [0.25, 0.3) is 0 Å². The third-order valence-electron chi connectivity index (χ3n) is 0.767. The quantitative estimate of drug-likeness (QED) is 0.608. The summed E-state index contributed by atoms with van der Waals surface area (Å²) in [5, 5.41) is 9.27. The van der Waals surface area contributed by atoms with Gasteiger partial charge in [0, 0.05) is 6.42 Å². The van der Waals surface area contributed by atoms with Crippen molar-refractivity contribution in [3.8, 4) is 0 Å². The number of hydrogen-bond donors (Lipinski definition) is 1. The lowest BCUT2D eigenvalue weighted by molar-refractivity contribution is 0.192. The summed E-state index contributed by atoms with van der Waals surface area (Å²) >= 11 is 4.75. The second-order valence-corrected chi connectivity index (χ2v) is 2.31. The number of thiocarbonyl (C=S) groups is 1. The zero-order valence-corrected chi connectivity index (χ0v) is 6.57. The predicted octanol–water partition coefficient (Wildman–Crippen LogP) is 1.12. The number of rotatable bonds is 3. The molecule has 54 valence electrons. The van der Waals surface area contributed by atoms with Crippen LogP contribution in [0.25, 0.3) is 0 Å². The molecule has 1 atom stereocenters. The molecule has 0 amide bonds. The fourth-order valence-electron chi connectivity index (χ4n) is 0.461. The van der Waals surface area contributed by atoms with Crippen LogP contribution in [0, 0.1) is 0 Å². The molecular formula is C6H12O2S. The van der Waals surface area contributed by atoms with Gasteiger partial charge in [-0.1, -0.05) is 0 Å². The standard InChI is InChI=1S/C6H12O2S/c1-3-8-6(9)4-5(2)7/h5,7H,3-4H2,1-2H3. The highest BCUT2D eigenvalue weighted by atomic mass is 32.1. The maximum atomic E-state index is 8.78. The van der Waals surface area contributed by atoms with Crippen molar-refractivity contribution in [2.24, 2.45) is 0 Å². The molecule has 0 rings (SSSR count). The van der Waals surface area contributed by atoms with E-state index in [1.807, 2.05) is 6.92 Å². The molecule has 0 aliphatic heterocycles. The van der Waals surface area contributed by atoms with Crippen LogP contribution < -0.4 is 0 Å². The Morgan fingerprint density at radius 2 is 2.33 bits per heavy atom. The van der Waals surface area contributed by atoms with Crippen molar-refractivity contribution in [2.45, 2.75) is 26.4 Å². The summed E-state index contributed by atoms with van der Waals surface area (Å²) in [5.74, 6) is 0. The van der Waals surface area contributed by atoms with E-state index < -0.39 is 0 Å². The highest BCUT2D eigenvalue weighted by molar-refractivity contribution is 7.80. The minimum atomic E-state index is -0.385. The Kier molecular flexibility index (Phi) is 4.62. The zero-order chi connectivity index (χ0) is 7.28. The lowest BCUT2D eigenvalue weighted by Crippen LogP contribution is -2.10. The van der Waals surface area contributed by atoms with Crippen molar-refractivity contribution in [1.82, 2.24) is 0 Å². The lowest BCUT2D eigenvalue weighted by Gasteiger charge is -2.05. The van der Waals surface area contributed by atoms with Crippen LogP contribution in [0.2, 0.25) is 0 Å². The first-order valence-electron chi connectivity index (χ1n) is 3.00. The molecule has 0 heterocycles. The van der Waals surface area contributed by atoms with Gasteiger partial charge in [-0.15, -0.1) is 0 Å². The molecule has 0 radical (unpaired) electrons. The maximum absolute atomic E-state index is 8.78. The molecule has 0 aromatic rings. The number of hydrogen-bond acceptors (Lipinski definition) is 3. The van der Waals surface area contributed by atoms with Crippen molar-refractivity contribution < 1.29 is 9.84 Å². The molecule has 9 heavy (non-hydrogen) atoms. The molecule has 0 saturated heterocycles. The molecule has 2 nitrogen and oxygen atoms in total. The maximum Gasteiger partial charge on any atom is 0.162 e. The van der Waals surface area contributed by atoms with Gasteiger partial charge in [-0.3, -0.25) is 0 Å². The lowest BCUT2D eigenvalue weighted by atomic mass is 10.3. The van der Waals surface area contributed by atoms with Crippen LogP contribution in [0.1, 0.15) is 20.3 Å². The summed E-state index contributed by atoms with van der Waals surface area (Å²) in [5.41, 5.74) is 0. The van der Waals surface area contributed by atoms with E-state index in [1.165, 1.54) is 0 Å². The molecule has 1 unspecified atom stereocenters. The SMILES string of the molecule is CCOC(=S)CC(C)O. The molecule has 3 heteroatoms. The third kappa shape index (κ3) is 5.73. The summed E-state index contributed by atoms with van der Waals surface area (Å²) in [6, 6.07) is 0. The average molecular weight is 148 g/mol. The highest BCUT2D eigenvalue weighted by Crippen LogP contribution is 1.94. The molecule has 0 aromatic heterocycles.